The number of aromatic nitrogens is 2. The molecule has 1 fully saturated rings. The number of carbonyl (C=O) groups is 1. The summed E-state index contributed by atoms with van der Waals surface area (Å²) in [5.41, 5.74) is 4.50. The van der Waals surface area contributed by atoms with Crippen LogP contribution in [0.4, 0.5) is 0 Å². The summed E-state index contributed by atoms with van der Waals surface area (Å²) in [6.45, 7) is 1.99. The quantitative estimate of drug-likeness (QED) is 0.510. The van der Waals surface area contributed by atoms with Gasteiger partial charge >= 0.3 is 0 Å². The van der Waals surface area contributed by atoms with Gasteiger partial charge < -0.3 is 9.84 Å². The van der Waals surface area contributed by atoms with Gasteiger partial charge in [0.1, 0.15) is 5.69 Å². The van der Waals surface area contributed by atoms with Crippen molar-refractivity contribution >= 4 is 17.0 Å². The fraction of sp³-hybridized carbons (Fsp3) is 0.208. The highest BCUT2D eigenvalue weighted by Gasteiger charge is 2.29. The predicted molar refractivity (Wildman–Crippen MR) is 112 cm³/mol. The van der Waals surface area contributed by atoms with Gasteiger partial charge in [-0.1, -0.05) is 65.8 Å². The Balaban J connectivity index is 1.59. The summed E-state index contributed by atoms with van der Waals surface area (Å²) in [6.07, 6.45) is 2.19. The van der Waals surface area contributed by atoms with Crippen LogP contribution in [0, 0.1) is 0 Å². The van der Waals surface area contributed by atoms with Crippen LogP contribution in [0.3, 0.4) is 0 Å². The molecule has 4 aromatic rings. The fourth-order valence-corrected chi connectivity index (χ4v) is 3.63. The zero-order valence-electron chi connectivity index (χ0n) is 16.1. The molecule has 5 nitrogen and oxygen atoms in total. The lowest BCUT2D eigenvalue weighted by atomic mass is 10.0. The van der Waals surface area contributed by atoms with Crippen LogP contribution in [0.2, 0.25) is 0 Å². The summed E-state index contributed by atoms with van der Waals surface area (Å²) < 4.78 is 5.56. The lowest BCUT2D eigenvalue weighted by Gasteiger charge is -2.15. The maximum Gasteiger partial charge on any atom is 0.259 e. The third-order valence-electron chi connectivity index (χ3n) is 5.40. The van der Waals surface area contributed by atoms with Crippen molar-refractivity contribution in [1.29, 1.82) is 0 Å². The number of hydrogen-bond acceptors (Lipinski definition) is 4. The molecule has 1 N–H and O–H groups in total. The SMILES string of the molecule is CC(NC(=O)c1cc(C2CC2)nc2onc(-c3ccccc3)c12)c1ccccc1. The maximum atomic E-state index is 13.3. The zero-order chi connectivity index (χ0) is 19.8. The molecule has 5 heteroatoms. The number of carbonyl (C=O) groups excluding carboxylic acids is 1. The number of amides is 1. The van der Waals surface area contributed by atoms with Crippen molar-refractivity contribution < 1.29 is 9.32 Å². The highest BCUT2D eigenvalue weighted by atomic mass is 16.5. The van der Waals surface area contributed by atoms with Crippen molar-refractivity contribution in [1.82, 2.24) is 15.5 Å². The van der Waals surface area contributed by atoms with Gasteiger partial charge in [-0.05, 0) is 31.4 Å². The minimum absolute atomic E-state index is 0.115. The molecule has 144 valence electrons. The molecule has 2 aromatic heterocycles. The van der Waals surface area contributed by atoms with E-state index < -0.39 is 0 Å². The molecule has 0 saturated heterocycles. The Hall–Kier alpha value is -3.47. The van der Waals surface area contributed by atoms with E-state index in [4.69, 9.17) is 4.52 Å². The first-order valence-electron chi connectivity index (χ1n) is 9.92. The zero-order valence-corrected chi connectivity index (χ0v) is 16.1. The minimum atomic E-state index is -0.143. The third kappa shape index (κ3) is 3.40. The summed E-state index contributed by atoms with van der Waals surface area (Å²) in [5.74, 6) is 0.263. The molecule has 5 rings (SSSR count). The van der Waals surface area contributed by atoms with E-state index in [2.05, 4.69) is 15.5 Å². The topological polar surface area (TPSA) is 68.0 Å². The normalized spacial score (nSPS) is 14.7. The van der Waals surface area contributed by atoms with Gasteiger partial charge in [0, 0.05) is 17.2 Å². The third-order valence-corrected chi connectivity index (χ3v) is 5.40. The van der Waals surface area contributed by atoms with Crippen LogP contribution >= 0.6 is 0 Å². The molecule has 1 aliphatic carbocycles. The van der Waals surface area contributed by atoms with Crippen LogP contribution in [0.25, 0.3) is 22.4 Å². The Morgan fingerprint density at radius 3 is 2.45 bits per heavy atom. The second-order valence-electron chi connectivity index (χ2n) is 7.55. The van der Waals surface area contributed by atoms with Crippen LogP contribution in [0.1, 0.15) is 53.3 Å². The number of benzene rings is 2. The van der Waals surface area contributed by atoms with Gasteiger partial charge in [-0.25, -0.2) is 4.98 Å². The molecule has 29 heavy (non-hydrogen) atoms. The molecule has 1 atom stereocenters. The van der Waals surface area contributed by atoms with Crippen LogP contribution in [0.15, 0.2) is 71.3 Å². The highest BCUT2D eigenvalue weighted by molar-refractivity contribution is 6.09. The average Bonchev–Trinajstić information content (AvgIpc) is 3.53. The fourth-order valence-electron chi connectivity index (χ4n) is 3.63. The van der Waals surface area contributed by atoms with Gasteiger partial charge in [-0.3, -0.25) is 4.79 Å². The minimum Gasteiger partial charge on any atom is -0.345 e. The molecule has 2 aromatic carbocycles. The molecular formula is C24H21N3O2. The molecule has 1 saturated carbocycles. The Kier molecular flexibility index (Phi) is 4.35. The largest absolute Gasteiger partial charge is 0.345 e. The summed E-state index contributed by atoms with van der Waals surface area (Å²) in [6, 6.07) is 21.5. The number of hydrogen-bond donors (Lipinski definition) is 1. The van der Waals surface area contributed by atoms with Crippen molar-refractivity contribution in [3.05, 3.63) is 83.6 Å². The van der Waals surface area contributed by atoms with Gasteiger partial charge in [0.05, 0.1) is 17.0 Å². The average molecular weight is 383 g/mol. The number of nitrogens with zero attached hydrogens (tertiary/aromatic N) is 2. The molecule has 0 aliphatic heterocycles. The Morgan fingerprint density at radius 2 is 1.76 bits per heavy atom. The van der Waals surface area contributed by atoms with Gasteiger partial charge in [0.25, 0.3) is 11.6 Å². The predicted octanol–water partition coefficient (Wildman–Crippen LogP) is 5.26. The van der Waals surface area contributed by atoms with Crippen LogP contribution < -0.4 is 5.32 Å². The number of fused-ring (bicyclic) bond motifs is 1. The van der Waals surface area contributed by atoms with E-state index >= 15 is 0 Å². The van der Waals surface area contributed by atoms with E-state index in [0.717, 1.165) is 29.7 Å². The van der Waals surface area contributed by atoms with E-state index in [1.54, 1.807) is 0 Å². The molecular weight excluding hydrogens is 362 g/mol. The standard InChI is InChI=1S/C24H21N3O2/c1-15(16-8-4-2-5-9-16)25-23(28)19-14-20(17-12-13-17)26-24-21(19)22(27-29-24)18-10-6-3-7-11-18/h2-11,14-15,17H,12-13H2,1H3,(H,25,28). The molecule has 0 bridgehead atoms. The van der Waals surface area contributed by atoms with Gasteiger partial charge in [0.15, 0.2) is 0 Å². The smallest absolute Gasteiger partial charge is 0.259 e. The van der Waals surface area contributed by atoms with Gasteiger partial charge in [0.2, 0.25) is 0 Å². The van der Waals surface area contributed by atoms with Crippen LogP contribution in [-0.4, -0.2) is 16.0 Å². The first kappa shape index (κ1) is 17.6. The molecule has 0 spiro atoms. The summed E-state index contributed by atoms with van der Waals surface area (Å²) in [4.78, 5) is 18.0. The Labute approximate surface area is 168 Å². The lowest BCUT2D eigenvalue weighted by Crippen LogP contribution is -2.27. The second-order valence-corrected chi connectivity index (χ2v) is 7.55. The van der Waals surface area contributed by atoms with Crippen molar-refractivity contribution in [2.24, 2.45) is 0 Å². The Bertz CT molecular complexity index is 1160. The van der Waals surface area contributed by atoms with Crippen molar-refractivity contribution in [2.75, 3.05) is 0 Å². The van der Waals surface area contributed by atoms with E-state index in [-0.39, 0.29) is 11.9 Å². The van der Waals surface area contributed by atoms with E-state index in [1.807, 2.05) is 73.7 Å². The van der Waals surface area contributed by atoms with Crippen LogP contribution in [-0.2, 0) is 0 Å². The highest BCUT2D eigenvalue weighted by Crippen LogP contribution is 2.41. The first-order chi connectivity index (χ1) is 14.2. The van der Waals surface area contributed by atoms with E-state index in [0.29, 0.717) is 28.3 Å². The van der Waals surface area contributed by atoms with Crippen molar-refractivity contribution in [2.45, 2.75) is 31.7 Å². The van der Waals surface area contributed by atoms with Crippen molar-refractivity contribution in [3.8, 4) is 11.3 Å². The van der Waals surface area contributed by atoms with Gasteiger partial charge in [-0.15, -0.1) is 0 Å². The molecule has 1 aliphatic rings. The number of rotatable bonds is 5. The van der Waals surface area contributed by atoms with Crippen LogP contribution in [0.5, 0.6) is 0 Å². The molecule has 2 heterocycles. The lowest BCUT2D eigenvalue weighted by molar-refractivity contribution is 0.0941. The summed E-state index contributed by atoms with van der Waals surface area (Å²) in [5, 5.41) is 8.04. The molecule has 1 amide bonds. The second kappa shape index (κ2) is 7.17. The number of pyridine rings is 1. The van der Waals surface area contributed by atoms with E-state index in [9.17, 15) is 4.79 Å². The monoisotopic (exact) mass is 383 g/mol. The van der Waals surface area contributed by atoms with E-state index in [1.165, 1.54) is 0 Å². The summed E-state index contributed by atoms with van der Waals surface area (Å²) in [7, 11) is 0. The molecule has 1 unspecified atom stereocenters. The summed E-state index contributed by atoms with van der Waals surface area (Å²) >= 11 is 0. The Morgan fingerprint density at radius 1 is 1.07 bits per heavy atom. The maximum absolute atomic E-state index is 13.3. The molecule has 0 radical (unpaired) electrons. The van der Waals surface area contributed by atoms with Crippen molar-refractivity contribution in [3.63, 3.8) is 0 Å². The first-order valence-corrected chi connectivity index (χ1v) is 9.92. The van der Waals surface area contributed by atoms with Gasteiger partial charge in [-0.2, -0.15) is 0 Å². The number of nitrogens with one attached hydrogen (secondary N) is 1.